The molecule has 0 heterocycles. The zero-order valence-electron chi connectivity index (χ0n) is 13.5. The molecule has 5 N–H and O–H groups in total. The van der Waals surface area contributed by atoms with E-state index in [-0.39, 0.29) is 10.6 Å². The predicted molar refractivity (Wildman–Crippen MR) is 92.2 cm³/mol. The molecular formula is C17H24ClN3O3. The van der Waals surface area contributed by atoms with Crippen LogP contribution in [0.3, 0.4) is 0 Å². The van der Waals surface area contributed by atoms with Crippen molar-refractivity contribution in [3.63, 3.8) is 0 Å². The molecule has 2 rings (SSSR count). The highest BCUT2D eigenvalue weighted by molar-refractivity contribution is 6.33. The van der Waals surface area contributed by atoms with Gasteiger partial charge in [-0.1, -0.05) is 55.8 Å². The molecule has 0 aliphatic heterocycles. The van der Waals surface area contributed by atoms with Gasteiger partial charge in [0.05, 0.1) is 10.6 Å². The van der Waals surface area contributed by atoms with Crippen molar-refractivity contribution in [2.24, 2.45) is 11.7 Å². The lowest BCUT2D eigenvalue weighted by atomic mass is 9.84. The summed E-state index contributed by atoms with van der Waals surface area (Å²) in [5.74, 6) is -0.824. The second kappa shape index (κ2) is 9.01. The van der Waals surface area contributed by atoms with Crippen LogP contribution in [0, 0.1) is 5.92 Å². The topological polar surface area (TPSA) is 104 Å². The Balaban J connectivity index is 1.80. The van der Waals surface area contributed by atoms with Crippen LogP contribution >= 0.6 is 11.6 Å². The molecule has 6 nitrogen and oxygen atoms in total. The average molecular weight is 354 g/mol. The van der Waals surface area contributed by atoms with Crippen LogP contribution in [0.1, 0.15) is 48.9 Å². The Hall–Kier alpha value is -1.63. The van der Waals surface area contributed by atoms with Crippen LogP contribution in [0.25, 0.3) is 0 Å². The number of hydrogen-bond acceptors (Lipinski definition) is 4. The first-order valence-corrected chi connectivity index (χ1v) is 8.65. The molecule has 7 heteroatoms. The number of amides is 2. The van der Waals surface area contributed by atoms with E-state index in [1.165, 1.54) is 25.3 Å². The minimum Gasteiger partial charge on any atom is -0.382 e. The molecule has 1 aliphatic rings. The van der Waals surface area contributed by atoms with E-state index in [9.17, 15) is 14.7 Å². The van der Waals surface area contributed by atoms with E-state index < -0.39 is 24.0 Å². The van der Waals surface area contributed by atoms with Crippen LogP contribution in [-0.2, 0) is 4.79 Å². The van der Waals surface area contributed by atoms with Gasteiger partial charge in [-0.15, -0.1) is 0 Å². The van der Waals surface area contributed by atoms with Crippen LogP contribution in [0.5, 0.6) is 0 Å². The number of nitrogens with one attached hydrogen (secondary N) is 2. The smallest absolute Gasteiger partial charge is 0.271 e. The number of nitrogens with two attached hydrogens (primary N) is 1. The maximum absolute atomic E-state index is 12.0. The summed E-state index contributed by atoms with van der Waals surface area (Å²) in [5.41, 5.74) is 10.6. The molecule has 0 radical (unpaired) electrons. The van der Waals surface area contributed by atoms with Crippen LogP contribution < -0.4 is 16.6 Å². The van der Waals surface area contributed by atoms with Crippen molar-refractivity contribution < 1.29 is 14.7 Å². The molecule has 0 aromatic heterocycles. The standard InChI is InChI=1S/C17H24ClN3O3/c18-13-9-5-4-8-12(13)16(23)20-21-17(24)15(22)14(19)10-11-6-2-1-3-7-11/h4-5,8-9,11,14-15,22H,1-3,6-7,10,19H2,(H,20,23)(H,21,24)/t14-,15?/m1/s1. The fraction of sp³-hybridized carbons (Fsp3) is 0.529. The van der Waals surface area contributed by atoms with Crippen LogP contribution in [0.4, 0.5) is 0 Å². The van der Waals surface area contributed by atoms with Gasteiger partial charge in [-0.2, -0.15) is 0 Å². The lowest BCUT2D eigenvalue weighted by Crippen LogP contribution is -2.52. The first-order chi connectivity index (χ1) is 11.5. The Morgan fingerprint density at radius 2 is 1.88 bits per heavy atom. The second-order valence-electron chi connectivity index (χ2n) is 6.27. The van der Waals surface area contributed by atoms with Gasteiger partial charge in [-0.25, -0.2) is 0 Å². The van der Waals surface area contributed by atoms with E-state index in [2.05, 4.69) is 10.9 Å². The monoisotopic (exact) mass is 353 g/mol. The van der Waals surface area contributed by atoms with Gasteiger partial charge >= 0.3 is 0 Å². The molecule has 1 unspecified atom stereocenters. The third-order valence-electron chi connectivity index (χ3n) is 4.42. The Morgan fingerprint density at radius 1 is 1.21 bits per heavy atom. The van der Waals surface area contributed by atoms with E-state index in [4.69, 9.17) is 17.3 Å². The highest BCUT2D eigenvalue weighted by Crippen LogP contribution is 2.27. The van der Waals surface area contributed by atoms with E-state index in [1.807, 2.05) is 0 Å². The quantitative estimate of drug-likeness (QED) is 0.605. The van der Waals surface area contributed by atoms with Gasteiger partial charge < -0.3 is 10.8 Å². The number of halogens is 1. The number of aliphatic hydroxyl groups excluding tert-OH is 1. The summed E-state index contributed by atoms with van der Waals surface area (Å²) in [7, 11) is 0. The van der Waals surface area contributed by atoms with Crippen molar-refractivity contribution in [2.75, 3.05) is 0 Å². The Kier molecular flexibility index (Phi) is 7.02. The fourth-order valence-corrected chi connectivity index (χ4v) is 3.26. The van der Waals surface area contributed by atoms with E-state index in [0.29, 0.717) is 12.3 Å². The van der Waals surface area contributed by atoms with Crippen molar-refractivity contribution in [3.05, 3.63) is 34.9 Å². The summed E-state index contributed by atoms with van der Waals surface area (Å²) in [4.78, 5) is 23.9. The van der Waals surface area contributed by atoms with E-state index in [1.54, 1.807) is 18.2 Å². The molecule has 0 bridgehead atoms. The Labute approximate surface area is 146 Å². The zero-order chi connectivity index (χ0) is 17.5. The highest BCUT2D eigenvalue weighted by atomic mass is 35.5. The molecule has 2 amide bonds. The minimum atomic E-state index is -1.36. The summed E-state index contributed by atoms with van der Waals surface area (Å²) < 4.78 is 0. The van der Waals surface area contributed by atoms with Crippen LogP contribution in [-0.4, -0.2) is 29.1 Å². The molecule has 1 aliphatic carbocycles. The number of aliphatic hydroxyl groups is 1. The molecular weight excluding hydrogens is 330 g/mol. The summed E-state index contributed by atoms with van der Waals surface area (Å²) >= 11 is 5.91. The van der Waals surface area contributed by atoms with Crippen molar-refractivity contribution in [2.45, 2.75) is 50.7 Å². The molecule has 1 aromatic carbocycles. The van der Waals surface area contributed by atoms with Gasteiger partial charge in [0.25, 0.3) is 11.8 Å². The molecule has 2 atom stereocenters. The molecule has 132 valence electrons. The molecule has 1 saturated carbocycles. The Morgan fingerprint density at radius 3 is 2.54 bits per heavy atom. The molecule has 1 fully saturated rings. The maximum Gasteiger partial charge on any atom is 0.271 e. The summed E-state index contributed by atoms with van der Waals surface area (Å²) in [6.45, 7) is 0. The first-order valence-electron chi connectivity index (χ1n) is 8.27. The van der Waals surface area contributed by atoms with Gasteiger partial charge in [0.1, 0.15) is 6.10 Å². The fourth-order valence-electron chi connectivity index (χ4n) is 3.04. The largest absolute Gasteiger partial charge is 0.382 e. The molecule has 0 spiro atoms. The average Bonchev–Trinajstić information content (AvgIpc) is 2.60. The van der Waals surface area contributed by atoms with Crippen molar-refractivity contribution in [1.29, 1.82) is 0 Å². The number of carbonyl (C=O) groups is 2. The second-order valence-corrected chi connectivity index (χ2v) is 6.68. The van der Waals surface area contributed by atoms with E-state index in [0.717, 1.165) is 12.8 Å². The van der Waals surface area contributed by atoms with Crippen molar-refractivity contribution in [1.82, 2.24) is 10.9 Å². The van der Waals surface area contributed by atoms with Gasteiger partial charge in [-0.3, -0.25) is 20.4 Å². The van der Waals surface area contributed by atoms with E-state index >= 15 is 0 Å². The summed E-state index contributed by atoms with van der Waals surface area (Å²) in [6.07, 6.45) is 5.01. The lowest BCUT2D eigenvalue weighted by Gasteiger charge is -2.26. The number of carbonyl (C=O) groups excluding carboxylic acids is 2. The van der Waals surface area contributed by atoms with Gasteiger partial charge in [-0.05, 0) is 24.5 Å². The zero-order valence-corrected chi connectivity index (χ0v) is 14.3. The van der Waals surface area contributed by atoms with Crippen LogP contribution in [0.2, 0.25) is 5.02 Å². The predicted octanol–water partition coefficient (Wildman–Crippen LogP) is 1.76. The van der Waals surface area contributed by atoms with Gasteiger partial charge in [0.2, 0.25) is 0 Å². The maximum atomic E-state index is 12.0. The van der Waals surface area contributed by atoms with Gasteiger partial charge in [0.15, 0.2) is 0 Å². The number of rotatable bonds is 5. The summed E-state index contributed by atoms with van der Waals surface area (Å²) in [6, 6.07) is 5.83. The van der Waals surface area contributed by atoms with Gasteiger partial charge in [0, 0.05) is 6.04 Å². The molecule has 1 aromatic rings. The number of hydrazine groups is 1. The van der Waals surface area contributed by atoms with Crippen molar-refractivity contribution >= 4 is 23.4 Å². The minimum absolute atomic E-state index is 0.237. The number of benzene rings is 1. The molecule has 24 heavy (non-hydrogen) atoms. The molecule has 0 saturated heterocycles. The highest BCUT2D eigenvalue weighted by Gasteiger charge is 2.27. The Bertz CT molecular complexity index is 576. The van der Waals surface area contributed by atoms with Crippen LogP contribution in [0.15, 0.2) is 24.3 Å². The third kappa shape index (κ3) is 5.19. The first kappa shape index (κ1) is 18.7. The third-order valence-corrected chi connectivity index (χ3v) is 4.75. The normalized spacial score (nSPS) is 17.8. The van der Waals surface area contributed by atoms with Crippen molar-refractivity contribution in [3.8, 4) is 0 Å². The number of hydrogen-bond donors (Lipinski definition) is 4. The lowest BCUT2D eigenvalue weighted by molar-refractivity contribution is -0.131. The summed E-state index contributed by atoms with van der Waals surface area (Å²) in [5, 5.41) is 10.3. The SMILES string of the molecule is N[C@H](CC1CCCCC1)C(O)C(=O)NNC(=O)c1ccccc1Cl.